The molecule has 0 radical (unpaired) electrons. The number of nitrogens with zero attached hydrogens (tertiary/aromatic N) is 1. The lowest BCUT2D eigenvalue weighted by atomic mass is 10.1. The Labute approximate surface area is 131 Å². The summed E-state index contributed by atoms with van der Waals surface area (Å²) >= 11 is 0. The van der Waals surface area contributed by atoms with Crippen LogP contribution in [0.1, 0.15) is 25.3 Å². The van der Waals surface area contributed by atoms with E-state index in [1.807, 2.05) is 37.3 Å². The molecular weight excluding hydrogens is 280 g/mol. The number of ether oxygens (including phenoxy) is 1. The summed E-state index contributed by atoms with van der Waals surface area (Å²) in [5.74, 6) is -0.188. The molecule has 0 unspecified atom stereocenters. The SMILES string of the molecule is CCN(C[C@H]1CCCO1)C(=O)CNC(=O)Cc1ccccc1. The molecule has 2 amide bonds. The Bertz CT molecular complexity index is 484. The highest BCUT2D eigenvalue weighted by Crippen LogP contribution is 2.13. The molecule has 0 spiro atoms. The van der Waals surface area contributed by atoms with E-state index in [9.17, 15) is 9.59 Å². The quantitative estimate of drug-likeness (QED) is 0.828. The van der Waals surface area contributed by atoms with E-state index in [-0.39, 0.29) is 24.5 Å². The molecule has 0 bridgehead atoms. The number of carbonyl (C=O) groups excluding carboxylic acids is 2. The minimum Gasteiger partial charge on any atom is -0.376 e. The van der Waals surface area contributed by atoms with Gasteiger partial charge in [-0.15, -0.1) is 0 Å². The smallest absolute Gasteiger partial charge is 0.242 e. The van der Waals surface area contributed by atoms with Gasteiger partial charge in [0.05, 0.1) is 19.1 Å². The lowest BCUT2D eigenvalue weighted by molar-refractivity contribution is -0.133. The van der Waals surface area contributed by atoms with Gasteiger partial charge in [0.15, 0.2) is 0 Å². The van der Waals surface area contributed by atoms with Crippen LogP contribution in [-0.4, -0.2) is 49.1 Å². The minimum atomic E-state index is -0.132. The maximum atomic E-state index is 12.2. The Morgan fingerprint density at radius 1 is 1.32 bits per heavy atom. The highest BCUT2D eigenvalue weighted by atomic mass is 16.5. The fraction of sp³-hybridized carbons (Fsp3) is 0.529. The van der Waals surface area contributed by atoms with Gasteiger partial charge in [-0.2, -0.15) is 0 Å². The molecule has 1 atom stereocenters. The van der Waals surface area contributed by atoms with E-state index < -0.39 is 0 Å². The number of benzene rings is 1. The molecule has 1 saturated heterocycles. The van der Waals surface area contributed by atoms with Crippen LogP contribution in [0.4, 0.5) is 0 Å². The maximum absolute atomic E-state index is 12.2. The third-order valence-corrected chi connectivity index (χ3v) is 3.83. The van der Waals surface area contributed by atoms with E-state index in [1.165, 1.54) is 0 Å². The second kappa shape index (κ2) is 8.54. The lowest BCUT2D eigenvalue weighted by Crippen LogP contribution is -2.43. The zero-order valence-electron chi connectivity index (χ0n) is 13.1. The van der Waals surface area contributed by atoms with Gasteiger partial charge < -0.3 is 15.0 Å². The molecule has 2 rings (SSSR count). The van der Waals surface area contributed by atoms with E-state index in [2.05, 4.69) is 5.32 Å². The van der Waals surface area contributed by atoms with Crippen molar-refractivity contribution in [1.82, 2.24) is 10.2 Å². The average Bonchev–Trinajstić information content (AvgIpc) is 3.04. The summed E-state index contributed by atoms with van der Waals surface area (Å²) < 4.78 is 5.56. The Morgan fingerprint density at radius 2 is 2.09 bits per heavy atom. The standard InChI is InChI=1S/C17H24N2O3/c1-2-19(13-15-9-6-10-22-15)17(21)12-18-16(20)11-14-7-4-3-5-8-14/h3-5,7-8,15H,2,6,9-13H2,1H3,(H,18,20)/t15-/m1/s1. The number of likely N-dealkylation sites (N-methyl/N-ethyl adjacent to an activating group) is 1. The fourth-order valence-corrected chi connectivity index (χ4v) is 2.57. The summed E-state index contributed by atoms with van der Waals surface area (Å²) in [6, 6.07) is 9.51. The number of nitrogens with one attached hydrogen (secondary N) is 1. The second-order valence-corrected chi connectivity index (χ2v) is 5.51. The lowest BCUT2D eigenvalue weighted by Gasteiger charge is -2.24. The summed E-state index contributed by atoms with van der Waals surface area (Å²) in [5.41, 5.74) is 0.944. The van der Waals surface area contributed by atoms with E-state index in [4.69, 9.17) is 4.74 Å². The summed E-state index contributed by atoms with van der Waals surface area (Å²) in [7, 11) is 0. The molecular formula is C17H24N2O3. The van der Waals surface area contributed by atoms with Gasteiger partial charge in [-0.3, -0.25) is 9.59 Å². The predicted molar refractivity (Wildman–Crippen MR) is 84.4 cm³/mol. The number of carbonyl (C=O) groups is 2. The highest BCUT2D eigenvalue weighted by molar-refractivity contribution is 5.85. The van der Waals surface area contributed by atoms with Crippen molar-refractivity contribution in [3.63, 3.8) is 0 Å². The summed E-state index contributed by atoms with van der Waals surface area (Å²) in [4.78, 5) is 25.8. The number of amides is 2. The zero-order chi connectivity index (χ0) is 15.8. The van der Waals surface area contributed by atoms with Crippen LogP contribution in [0.3, 0.4) is 0 Å². The molecule has 1 heterocycles. The number of rotatable bonds is 7. The van der Waals surface area contributed by atoms with E-state index in [0.29, 0.717) is 19.5 Å². The van der Waals surface area contributed by atoms with Gasteiger partial charge in [0, 0.05) is 19.7 Å². The molecule has 1 fully saturated rings. The van der Waals surface area contributed by atoms with Crippen LogP contribution in [0, 0.1) is 0 Å². The van der Waals surface area contributed by atoms with Crippen molar-refractivity contribution in [2.24, 2.45) is 0 Å². The molecule has 0 aromatic heterocycles. The van der Waals surface area contributed by atoms with Crippen molar-refractivity contribution in [1.29, 1.82) is 0 Å². The molecule has 0 saturated carbocycles. The molecule has 1 aromatic rings. The highest BCUT2D eigenvalue weighted by Gasteiger charge is 2.21. The normalized spacial score (nSPS) is 17.2. The summed E-state index contributed by atoms with van der Waals surface area (Å²) in [6.07, 6.45) is 2.50. The van der Waals surface area contributed by atoms with Crippen molar-refractivity contribution >= 4 is 11.8 Å². The minimum absolute atomic E-state index is 0.0478. The van der Waals surface area contributed by atoms with Crippen LogP contribution in [0.25, 0.3) is 0 Å². The molecule has 5 heteroatoms. The Balaban J connectivity index is 1.74. The summed E-state index contributed by atoms with van der Waals surface area (Å²) in [6.45, 7) is 4.02. The Kier molecular flexibility index (Phi) is 6.40. The number of hydrogen-bond acceptors (Lipinski definition) is 3. The summed E-state index contributed by atoms with van der Waals surface area (Å²) in [5, 5.41) is 2.70. The van der Waals surface area contributed by atoms with Gasteiger partial charge in [-0.1, -0.05) is 30.3 Å². The van der Waals surface area contributed by atoms with Crippen molar-refractivity contribution in [3.8, 4) is 0 Å². The van der Waals surface area contributed by atoms with E-state index in [0.717, 1.165) is 25.0 Å². The molecule has 120 valence electrons. The largest absolute Gasteiger partial charge is 0.376 e. The van der Waals surface area contributed by atoms with Gasteiger partial charge >= 0.3 is 0 Å². The van der Waals surface area contributed by atoms with Gasteiger partial charge in [0.2, 0.25) is 11.8 Å². The third kappa shape index (κ3) is 5.15. The molecule has 0 aliphatic carbocycles. The van der Waals surface area contributed by atoms with Gasteiger partial charge in [0.1, 0.15) is 0 Å². The van der Waals surface area contributed by atoms with Gasteiger partial charge in [-0.25, -0.2) is 0 Å². The van der Waals surface area contributed by atoms with E-state index in [1.54, 1.807) is 4.90 Å². The third-order valence-electron chi connectivity index (χ3n) is 3.83. The van der Waals surface area contributed by atoms with Crippen LogP contribution >= 0.6 is 0 Å². The van der Waals surface area contributed by atoms with Crippen LogP contribution < -0.4 is 5.32 Å². The van der Waals surface area contributed by atoms with Crippen molar-refractivity contribution in [2.45, 2.75) is 32.3 Å². The first-order valence-corrected chi connectivity index (χ1v) is 7.89. The van der Waals surface area contributed by atoms with Gasteiger partial charge in [-0.05, 0) is 25.3 Å². The molecule has 1 aliphatic heterocycles. The second-order valence-electron chi connectivity index (χ2n) is 5.51. The Hall–Kier alpha value is -1.88. The van der Waals surface area contributed by atoms with E-state index >= 15 is 0 Å². The first-order valence-electron chi connectivity index (χ1n) is 7.89. The maximum Gasteiger partial charge on any atom is 0.242 e. The van der Waals surface area contributed by atoms with Gasteiger partial charge in [0.25, 0.3) is 0 Å². The zero-order valence-corrected chi connectivity index (χ0v) is 13.1. The topological polar surface area (TPSA) is 58.6 Å². The Morgan fingerprint density at radius 3 is 2.73 bits per heavy atom. The van der Waals surface area contributed by atoms with Crippen molar-refractivity contribution in [2.75, 3.05) is 26.2 Å². The monoisotopic (exact) mass is 304 g/mol. The fourth-order valence-electron chi connectivity index (χ4n) is 2.57. The van der Waals surface area contributed by atoms with Crippen LogP contribution in [0.5, 0.6) is 0 Å². The van der Waals surface area contributed by atoms with Crippen LogP contribution in [-0.2, 0) is 20.7 Å². The van der Waals surface area contributed by atoms with Crippen molar-refractivity contribution in [3.05, 3.63) is 35.9 Å². The van der Waals surface area contributed by atoms with Crippen LogP contribution in [0.15, 0.2) is 30.3 Å². The molecule has 22 heavy (non-hydrogen) atoms. The predicted octanol–water partition coefficient (Wildman–Crippen LogP) is 1.37. The number of hydrogen-bond donors (Lipinski definition) is 1. The first kappa shape index (κ1) is 16.5. The molecule has 1 aromatic carbocycles. The average molecular weight is 304 g/mol. The first-order chi connectivity index (χ1) is 10.7. The molecule has 1 aliphatic rings. The molecule has 5 nitrogen and oxygen atoms in total. The van der Waals surface area contributed by atoms with Crippen molar-refractivity contribution < 1.29 is 14.3 Å². The van der Waals surface area contributed by atoms with Crippen LogP contribution in [0.2, 0.25) is 0 Å². The molecule has 1 N–H and O–H groups in total.